The summed E-state index contributed by atoms with van der Waals surface area (Å²) in [6.07, 6.45) is -0.0373. The number of carbonyl (C=O) groups excluding carboxylic acids is 3. The van der Waals surface area contributed by atoms with Gasteiger partial charge in [0.2, 0.25) is 17.8 Å². The minimum absolute atomic E-state index is 0.0373. The maximum Gasteiger partial charge on any atom is 0.251 e. The number of amides is 3. The van der Waals surface area contributed by atoms with Gasteiger partial charge in [-0.05, 0) is 29.6 Å². The number of fused-ring (bicyclic) bond motifs is 1. The minimum atomic E-state index is -0.806. The Bertz CT molecular complexity index is 1060. The van der Waals surface area contributed by atoms with Crippen molar-refractivity contribution in [3.63, 3.8) is 0 Å². The van der Waals surface area contributed by atoms with E-state index in [-0.39, 0.29) is 30.1 Å². The van der Waals surface area contributed by atoms with Gasteiger partial charge in [-0.3, -0.25) is 24.3 Å². The van der Waals surface area contributed by atoms with Gasteiger partial charge < -0.3 is 10.6 Å². The molecule has 0 spiro atoms. The van der Waals surface area contributed by atoms with E-state index in [2.05, 4.69) is 26.1 Å². The Morgan fingerprint density at radius 1 is 1.25 bits per heavy atom. The van der Waals surface area contributed by atoms with Gasteiger partial charge in [-0.1, -0.05) is 12.1 Å². The van der Waals surface area contributed by atoms with Crippen molar-refractivity contribution in [2.45, 2.75) is 12.5 Å². The summed E-state index contributed by atoms with van der Waals surface area (Å²) in [5.41, 5.74) is 0.885. The molecule has 3 aromatic rings. The molecule has 0 aliphatic carbocycles. The number of hydrogen-bond donors (Lipinski definition) is 3. The number of aromatic nitrogens is 3. The highest BCUT2D eigenvalue weighted by Gasteiger charge is 2.34. The predicted octanol–water partition coefficient (Wildman–Crippen LogP) is 1.89. The highest BCUT2D eigenvalue weighted by molar-refractivity contribution is 7.13. The van der Waals surface area contributed by atoms with Gasteiger partial charge in [0.15, 0.2) is 5.82 Å². The first-order valence-electron chi connectivity index (χ1n) is 8.48. The Morgan fingerprint density at radius 3 is 2.86 bits per heavy atom. The largest absolute Gasteiger partial charge is 0.355 e. The van der Waals surface area contributed by atoms with Crippen molar-refractivity contribution in [3.05, 3.63) is 47.3 Å². The summed E-state index contributed by atoms with van der Waals surface area (Å²) in [4.78, 5) is 37.7. The van der Waals surface area contributed by atoms with E-state index in [4.69, 9.17) is 0 Å². The van der Waals surface area contributed by atoms with Crippen molar-refractivity contribution in [2.24, 2.45) is 0 Å². The van der Waals surface area contributed by atoms with Crippen LogP contribution in [0.1, 0.15) is 22.8 Å². The monoisotopic (exact) mass is 396 g/mol. The molecule has 0 fully saturated rings. The van der Waals surface area contributed by atoms with E-state index in [9.17, 15) is 14.4 Å². The van der Waals surface area contributed by atoms with Crippen LogP contribution < -0.4 is 16.0 Å². The third-order valence-corrected chi connectivity index (χ3v) is 5.17. The van der Waals surface area contributed by atoms with E-state index in [1.54, 1.807) is 28.8 Å². The molecule has 4 rings (SSSR count). The van der Waals surface area contributed by atoms with E-state index < -0.39 is 6.04 Å². The van der Waals surface area contributed by atoms with Gasteiger partial charge in [0.05, 0.1) is 11.3 Å². The van der Waals surface area contributed by atoms with Crippen LogP contribution in [0.4, 0.5) is 11.6 Å². The first-order chi connectivity index (χ1) is 13.6. The second-order valence-electron chi connectivity index (χ2n) is 6.11. The SMILES string of the molecule is CNC(=O)c1cccc(NC(=O)[C@@H]2CC(=O)Nc3nnc(-c4cccs4)n32)c1. The summed E-state index contributed by atoms with van der Waals surface area (Å²) in [6.45, 7) is 0. The average Bonchev–Trinajstić information content (AvgIpc) is 3.36. The van der Waals surface area contributed by atoms with Crippen molar-refractivity contribution in [1.29, 1.82) is 0 Å². The van der Waals surface area contributed by atoms with Crippen molar-refractivity contribution in [2.75, 3.05) is 17.7 Å². The lowest BCUT2D eigenvalue weighted by molar-refractivity contribution is -0.125. The standard InChI is InChI=1S/C18H16N6O3S/c1-19-16(26)10-4-2-5-11(8-10)20-17(27)12-9-14(25)21-18-23-22-15(24(12)18)13-6-3-7-28-13/h2-8,12H,9H2,1H3,(H,19,26)(H,20,27)(H,21,23,25)/t12-/m0/s1. The normalized spacial score (nSPS) is 15.5. The first-order valence-corrected chi connectivity index (χ1v) is 9.36. The van der Waals surface area contributed by atoms with E-state index in [0.717, 1.165) is 4.88 Å². The number of nitrogens with zero attached hydrogens (tertiary/aromatic N) is 3. The number of anilines is 2. The molecule has 3 heterocycles. The van der Waals surface area contributed by atoms with Gasteiger partial charge in [-0.25, -0.2) is 0 Å². The summed E-state index contributed by atoms with van der Waals surface area (Å²) in [7, 11) is 1.54. The molecule has 2 aromatic heterocycles. The summed E-state index contributed by atoms with van der Waals surface area (Å²) < 4.78 is 1.63. The zero-order chi connectivity index (χ0) is 19.7. The molecule has 10 heteroatoms. The van der Waals surface area contributed by atoms with Crippen LogP contribution in [0.25, 0.3) is 10.7 Å². The fourth-order valence-electron chi connectivity index (χ4n) is 3.01. The second kappa shape index (κ2) is 7.24. The molecule has 28 heavy (non-hydrogen) atoms. The zero-order valence-corrected chi connectivity index (χ0v) is 15.6. The van der Waals surface area contributed by atoms with Crippen LogP contribution in [0.2, 0.25) is 0 Å². The molecule has 0 saturated heterocycles. The molecule has 3 amide bonds. The fraction of sp³-hybridized carbons (Fsp3) is 0.167. The predicted molar refractivity (Wildman–Crippen MR) is 104 cm³/mol. The van der Waals surface area contributed by atoms with Crippen LogP contribution in [-0.2, 0) is 9.59 Å². The number of thiophene rings is 1. The molecule has 1 aromatic carbocycles. The van der Waals surface area contributed by atoms with Gasteiger partial charge in [-0.15, -0.1) is 21.5 Å². The van der Waals surface area contributed by atoms with Crippen molar-refractivity contribution in [1.82, 2.24) is 20.1 Å². The van der Waals surface area contributed by atoms with Crippen molar-refractivity contribution < 1.29 is 14.4 Å². The third-order valence-electron chi connectivity index (χ3n) is 4.30. The van der Waals surface area contributed by atoms with Crippen LogP contribution in [0, 0.1) is 0 Å². The highest BCUT2D eigenvalue weighted by Crippen LogP contribution is 2.33. The lowest BCUT2D eigenvalue weighted by Crippen LogP contribution is -2.35. The third kappa shape index (κ3) is 3.25. The molecule has 1 atom stereocenters. The summed E-state index contributed by atoms with van der Waals surface area (Å²) >= 11 is 1.47. The van der Waals surface area contributed by atoms with E-state index in [1.165, 1.54) is 18.4 Å². The molecule has 1 aliphatic heterocycles. The van der Waals surface area contributed by atoms with Crippen molar-refractivity contribution in [3.8, 4) is 10.7 Å². The lowest BCUT2D eigenvalue weighted by Gasteiger charge is -2.24. The Balaban J connectivity index is 1.65. The Kier molecular flexibility index (Phi) is 4.62. The molecule has 1 aliphatic rings. The topological polar surface area (TPSA) is 118 Å². The molecule has 0 unspecified atom stereocenters. The van der Waals surface area contributed by atoms with Crippen LogP contribution in [0.5, 0.6) is 0 Å². The van der Waals surface area contributed by atoms with Gasteiger partial charge >= 0.3 is 0 Å². The average molecular weight is 396 g/mol. The molecule has 0 bridgehead atoms. The quantitative estimate of drug-likeness (QED) is 0.622. The number of nitrogens with one attached hydrogen (secondary N) is 3. The van der Waals surface area contributed by atoms with E-state index in [1.807, 2.05) is 17.5 Å². The lowest BCUT2D eigenvalue weighted by atomic mass is 10.1. The molecule has 0 saturated carbocycles. The number of carbonyl (C=O) groups is 3. The summed E-state index contributed by atoms with van der Waals surface area (Å²) in [6, 6.07) is 9.53. The molecular formula is C18H16N6O3S. The highest BCUT2D eigenvalue weighted by atomic mass is 32.1. The van der Waals surface area contributed by atoms with Gasteiger partial charge in [0.25, 0.3) is 5.91 Å². The van der Waals surface area contributed by atoms with Crippen LogP contribution in [-0.4, -0.2) is 39.5 Å². The van der Waals surface area contributed by atoms with Crippen molar-refractivity contribution >= 4 is 40.7 Å². The second-order valence-corrected chi connectivity index (χ2v) is 7.06. The number of benzene rings is 1. The van der Waals surface area contributed by atoms with Gasteiger partial charge in [0, 0.05) is 18.3 Å². The maximum absolute atomic E-state index is 13.0. The summed E-state index contributed by atoms with van der Waals surface area (Å²) in [5, 5.41) is 18.0. The molecule has 3 N–H and O–H groups in total. The number of rotatable bonds is 4. The maximum atomic E-state index is 13.0. The van der Waals surface area contributed by atoms with E-state index >= 15 is 0 Å². The first kappa shape index (κ1) is 17.9. The molecule has 9 nitrogen and oxygen atoms in total. The molecule has 142 valence electrons. The smallest absolute Gasteiger partial charge is 0.251 e. The number of hydrogen-bond acceptors (Lipinski definition) is 6. The molecular weight excluding hydrogens is 380 g/mol. The minimum Gasteiger partial charge on any atom is -0.355 e. The van der Waals surface area contributed by atoms with Crippen LogP contribution >= 0.6 is 11.3 Å². The molecule has 0 radical (unpaired) electrons. The van der Waals surface area contributed by atoms with Crippen LogP contribution in [0.3, 0.4) is 0 Å². The zero-order valence-electron chi connectivity index (χ0n) is 14.8. The van der Waals surface area contributed by atoms with Gasteiger partial charge in [0.1, 0.15) is 6.04 Å². The Hall–Kier alpha value is -3.53. The van der Waals surface area contributed by atoms with E-state index in [0.29, 0.717) is 17.1 Å². The summed E-state index contributed by atoms with van der Waals surface area (Å²) in [5.74, 6) is -0.197. The van der Waals surface area contributed by atoms with Gasteiger partial charge in [-0.2, -0.15) is 0 Å². The Labute approximate surface area is 163 Å². The Morgan fingerprint density at radius 2 is 2.11 bits per heavy atom. The fourth-order valence-corrected chi connectivity index (χ4v) is 3.71. The van der Waals surface area contributed by atoms with Crippen LogP contribution in [0.15, 0.2) is 41.8 Å².